The van der Waals surface area contributed by atoms with Crippen LogP contribution in [0.1, 0.15) is 38.3 Å². The van der Waals surface area contributed by atoms with Gasteiger partial charge in [-0.2, -0.15) is 0 Å². The maximum atomic E-state index is 6.48. The topological polar surface area (TPSA) is 39.7 Å². The number of rotatable bonds is 12. The Morgan fingerprint density at radius 1 is 0.966 bits per heavy atom. The Morgan fingerprint density at radius 2 is 1.66 bits per heavy atom. The molecule has 0 atom stereocenters. The van der Waals surface area contributed by atoms with E-state index in [1.807, 2.05) is 26.8 Å². The fourth-order valence-electron chi connectivity index (χ4n) is 2.65. The van der Waals surface area contributed by atoms with Crippen molar-refractivity contribution in [3.8, 4) is 11.5 Å². The molecule has 1 N–H and O–H groups in total. The average Bonchev–Trinajstić information content (AvgIpc) is 2.66. The van der Waals surface area contributed by atoms with Gasteiger partial charge in [0.25, 0.3) is 0 Å². The molecule has 0 aliphatic rings. The molecule has 0 heterocycles. The van der Waals surface area contributed by atoms with Gasteiger partial charge in [0, 0.05) is 39.8 Å². The molecule has 0 bridgehead atoms. The highest BCUT2D eigenvalue weighted by Crippen LogP contribution is 2.35. The minimum absolute atomic E-state index is 0.225. The second-order valence-electron chi connectivity index (χ2n) is 6.76. The highest BCUT2D eigenvalue weighted by atomic mass is 35.5. The van der Waals surface area contributed by atoms with Crippen LogP contribution in [0.2, 0.25) is 15.1 Å². The zero-order valence-electron chi connectivity index (χ0n) is 17.1. The Balaban J connectivity index is 2.01. The van der Waals surface area contributed by atoms with E-state index in [0.717, 1.165) is 30.7 Å². The first kappa shape index (κ1) is 24.1. The van der Waals surface area contributed by atoms with E-state index < -0.39 is 0 Å². The minimum atomic E-state index is 0.225. The van der Waals surface area contributed by atoms with Gasteiger partial charge in [-0.25, -0.2) is 0 Å². The summed E-state index contributed by atoms with van der Waals surface area (Å²) >= 11 is 18.9. The molecule has 0 fully saturated rings. The van der Waals surface area contributed by atoms with E-state index in [4.69, 9.17) is 49.0 Å². The summed E-state index contributed by atoms with van der Waals surface area (Å²) in [4.78, 5) is 0. The molecule has 0 aliphatic carbocycles. The molecule has 0 radical (unpaired) electrons. The van der Waals surface area contributed by atoms with Gasteiger partial charge in [0.2, 0.25) is 0 Å². The number of hydrogen-bond acceptors (Lipinski definition) is 4. The zero-order chi connectivity index (χ0) is 21.2. The molecule has 2 aromatic rings. The fourth-order valence-corrected chi connectivity index (χ4v) is 3.38. The molecular weight excluding hydrogens is 433 g/mol. The predicted molar refractivity (Wildman–Crippen MR) is 121 cm³/mol. The zero-order valence-corrected chi connectivity index (χ0v) is 19.3. The second-order valence-corrected chi connectivity index (χ2v) is 7.98. The number of halogens is 3. The molecule has 0 spiro atoms. The summed E-state index contributed by atoms with van der Waals surface area (Å²) in [6, 6.07) is 9.05. The molecule has 0 amide bonds. The summed E-state index contributed by atoms with van der Waals surface area (Å²) in [6.45, 7) is 8.95. The van der Waals surface area contributed by atoms with Crippen LogP contribution < -0.4 is 14.8 Å². The maximum Gasteiger partial charge on any atom is 0.163 e. The molecule has 0 saturated carbocycles. The molecule has 0 saturated heterocycles. The van der Waals surface area contributed by atoms with Crippen molar-refractivity contribution in [2.24, 2.45) is 0 Å². The van der Waals surface area contributed by atoms with Gasteiger partial charge in [-0.15, -0.1) is 0 Å². The lowest BCUT2D eigenvalue weighted by atomic mass is 10.2. The van der Waals surface area contributed by atoms with E-state index in [2.05, 4.69) is 5.32 Å². The highest BCUT2D eigenvalue weighted by molar-refractivity contribution is 6.36. The van der Waals surface area contributed by atoms with Crippen LogP contribution in [0.25, 0.3) is 0 Å². The Morgan fingerprint density at radius 3 is 2.31 bits per heavy atom. The van der Waals surface area contributed by atoms with Crippen molar-refractivity contribution >= 4 is 34.8 Å². The molecule has 160 valence electrons. The van der Waals surface area contributed by atoms with Crippen LogP contribution in [0.3, 0.4) is 0 Å². The van der Waals surface area contributed by atoms with Gasteiger partial charge in [-0.1, -0.05) is 40.9 Å². The molecule has 0 aliphatic heterocycles. The number of nitrogens with one attached hydrogen (secondary N) is 1. The standard InChI is InChI=1S/C22H28Cl3NO3/c1-4-27-21-11-16(13-26-9-6-10-28-15(2)3)20(25)12-22(21)29-14-17-18(23)7-5-8-19(17)24/h5,7-8,11-12,15,26H,4,6,9-10,13-14H2,1-3H3. The van der Waals surface area contributed by atoms with Crippen molar-refractivity contribution in [2.75, 3.05) is 19.8 Å². The molecular formula is C22H28Cl3NO3. The third-order valence-electron chi connectivity index (χ3n) is 4.11. The van der Waals surface area contributed by atoms with Gasteiger partial charge in [-0.05, 0) is 57.5 Å². The third-order valence-corrected chi connectivity index (χ3v) is 5.17. The Bertz CT molecular complexity index is 764. The van der Waals surface area contributed by atoms with Crippen LogP contribution in [0, 0.1) is 0 Å². The van der Waals surface area contributed by atoms with Crippen LogP contribution in [0.4, 0.5) is 0 Å². The third kappa shape index (κ3) is 7.88. The van der Waals surface area contributed by atoms with Crippen molar-refractivity contribution in [3.63, 3.8) is 0 Å². The summed E-state index contributed by atoms with van der Waals surface area (Å²) in [5.41, 5.74) is 1.67. The summed E-state index contributed by atoms with van der Waals surface area (Å²) in [6.07, 6.45) is 1.19. The number of benzene rings is 2. The van der Waals surface area contributed by atoms with E-state index in [-0.39, 0.29) is 12.7 Å². The first-order valence-corrected chi connectivity index (χ1v) is 10.9. The molecule has 29 heavy (non-hydrogen) atoms. The first-order valence-electron chi connectivity index (χ1n) is 9.75. The van der Waals surface area contributed by atoms with E-state index >= 15 is 0 Å². The van der Waals surface area contributed by atoms with Gasteiger partial charge >= 0.3 is 0 Å². The molecule has 2 aromatic carbocycles. The van der Waals surface area contributed by atoms with Crippen molar-refractivity contribution in [2.45, 2.75) is 46.4 Å². The number of ether oxygens (including phenoxy) is 3. The van der Waals surface area contributed by atoms with E-state index in [1.54, 1.807) is 24.3 Å². The van der Waals surface area contributed by atoms with Gasteiger partial charge in [-0.3, -0.25) is 0 Å². The van der Waals surface area contributed by atoms with Crippen LogP contribution in [0.15, 0.2) is 30.3 Å². The Hall–Kier alpha value is -1.17. The summed E-state index contributed by atoms with van der Waals surface area (Å²) in [5, 5.41) is 5.11. The molecule has 2 rings (SSSR count). The van der Waals surface area contributed by atoms with Gasteiger partial charge in [0.05, 0.1) is 12.7 Å². The fraction of sp³-hybridized carbons (Fsp3) is 0.455. The highest BCUT2D eigenvalue weighted by Gasteiger charge is 2.13. The Labute approximate surface area is 188 Å². The van der Waals surface area contributed by atoms with Gasteiger partial charge in [0.15, 0.2) is 11.5 Å². The lowest BCUT2D eigenvalue weighted by Gasteiger charge is -2.16. The van der Waals surface area contributed by atoms with E-state index in [9.17, 15) is 0 Å². The molecule has 4 nitrogen and oxygen atoms in total. The van der Waals surface area contributed by atoms with Crippen LogP contribution in [-0.2, 0) is 17.9 Å². The lowest BCUT2D eigenvalue weighted by molar-refractivity contribution is 0.0770. The normalized spacial score (nSPS) is 11.1. The molecule has 0 unspecified atom stereocenters. The summed E-state index contributed by atoms with van der Waals surface area (Å²) < 4.78 is 17.2. The van der Waals surface area contributed by atoms with Gasteiger partial charge < -0.3 is 19.5 Å². The molecule has 0 aromatic heterocycles. The van der Waals surface area contributed by atoms with Crippen molar-refractivity contribution in [1.82, 2.24) is 5.32 Å². The monoisotopic (exact) mass is 459 g/mol. The van der Waals surface area contributed by atoms with Crippen molar-refractivity contribution < 1.29 is 14.2 Å². The average molecular weight is 461 g/mol. The minimum Gasteiger partial charge on any atom is -0.490 e. The van der Waals surface area contributed by atoms with Crippen molar-refractivity contribution in [3.05, 3.63) is 56.5 Å². The largest absolute Gasteiger partial charge is 0.490 e. The SMILES string of the molecule is CCOc1cc(CNCCCOC(C)C)c(Cl)cc1OCc1c(Cl)cccc1Cl. The smallest absolute Gasteiger partial charge is 0.163 e. The Kier molecular flexibility index (Phi) is 10.4. The first-order chi connectivity index (χ1) is 13.9. The maximum absolute atomic E-state index is 6.48. The van der Waals surface area contributed by atoms with Gasteiger partial charge in [0.1, 0.15) is 6.61 Å². The van der Waals surface area contributed by atoms with Crippen LogP contribution >= 0.6 is 34.8 Å². The van der Waals surface area contributed by atoms with E-state index in [0.29, 0.717) is 39.7 Å². The molecule has 7 heteroatoms. The summed E-state index contributed by atoms with van der Waals surface area (Å²) in [5.74, 6) is 1.20. The number of hydrogen-bond donors (Lipinski definition) is 1. The van der Waals surface area contributed by atoms with Crippen LogP contribution in [0.5, 0.6) is 11.5 Å². The van der Waals surface area contributed by atoms with Crippen LogP contribution in [-0.4, -0.2) is 25.9 Å². The van der Waals surface area contributed by atoms with Crippen molar-refractivity contribution in [1.29, 1.82) is 0 Å². The quantitative estimate of drug-likeness (QED) is 0.366. The summed E-state index contributed by atoms with van der Waals surface area (Å²) in [7, 11) is 0. The predicted octanol–water partition coefficient (Wildman–Crippen LogP) is 6.53. The second kappa shape index (κ2) is 12.5. The van der Waals surface area contributed by atoms with E-state index in [1.165, 1.54) is 0 Å². The lowest BCUT2D eigenvalue weighted by Crippen LogP contribution is -2.17.